The van der Waals surface area contributed by atoms with E-state index in [4.69, 9.17) is 5.84 Å². The summed E-state index contributed by atoms with van der Waals surface area (Å²) in [5, 5.41) is 0. The highest BCUT2D eigenvalue weighted by molar-refractivity contribution is 4.87. The van der Waals surface area contributed by atoms with Crippen molar-refractivity contribution in [3.05, 3.63) is 12.3 Å². The van der Waals surface area contributed by atoms with Crippen molar-refractivity contribution in [3.63, 3.8) is 0 Å². The summed E-state index contributed by atoms with van der Waals surface area (Å²) < 4.78 is 0. The molecular weight excluding hydrogens is 268 g/mol. The molecule has 22 heavy (non-hydrogen) atoms. The molecule has 0 aromatic carbocycles. The molecule has 0 aromatic rings. The maximum Gasteiger partial charge on any atom is 0.0187 e. The van der Waals surface area contributed by atoms with Gasteiger partial charge in [0.2, 0.25) is 0 Å². The zero-order valence-corrected chi connectivity index (χ0v) is 15.3. The smallest absolute Gasteiger partial charge is 0.0187 e. The van der Waals surface area contributed by atoms with Crippen molar-refractivity contribution >= 4 is 0 Å². The molecule has 0 rings (SSSR count). The number of hydrogen-bond donors (Lipinski definition) is 2. The van der Waals surface area contributed by atoms with Crippen LogP contribution < -0.4 is 11.3 Å². The molecule has 2 nitrogen and oxygen atoms in total. The Labute approximate surface area is 140 Å². The predicted octanol–water partition coefficient (Wildman–Crippen LogP) is 6.62. The van der Waals surface area contributed by atoms with Gasteiger partial charge in [0, 0.05) is 5.70 Å². The molecule has 0 heterocycles. The number of nitrogens with two attached hydrogens (primary N) is 1. The van der Waals surface area contributed by atoms with E-state index >= 15 is 0 Å². The standard InChI is InChI=1S/C20H42N2/c1-3-4-5-6-7-8-9-10-11-12-13-14-15-16-17-18-19-20(2)22-21/h22H,2-19,21H2,1H3. The molecule has 0 radical (unpaired) electrons. The van der Waals surface area contributed by atoms with Gasteiger partial charge in [-0.15, -0.1) is 0 Å². The second-order valence-corrected chi connectivity index (χ2v) is 6.80. The van der Waals surface area contributed by atoms with Crippen LogP contribution in [0.25, 0.3) is 0 Å². The fourth-order valence-corrected chi connectivity index (χ4v) is 2.96. The first kappa shape index (κ1) is 21.5. The summed E-state index contributed by atoms with van der Waals surface area (Å²) in [5.41, 5.74) is 3.59. The summed E-state index contributed by atoms with van der Waals surface area (Å²) in [5.74, 6) is 5.29. The Hall–Kier alpha value is -0.500. The molecule has 0 bridgehead atoms. The molecule has 0 amide bonds. The zero-order chi connectivity index (χ0) is 16.3. The summed E-state index contributed by atoms with van der Waals surface area (Å²) in [6.45, 7) is 6.13. The molecule has 0 spiro atoms. The maximum atomic E-state index is 5.29. The van der Waals surface area contributed by atoms with Crippen LogP contribution >= 0.6 is 0 Å². The molecule has 0 saturated carbocycles. The van der Waals surface area contributed by atoms with Crippen LogP contribution in [0.1, 0.15) is 116 Å². The van der Waals surface area contributed by atoms with Gasteiger partial charge >= 0.3 is 0 Å². The average Bonchev–Trinajstić information content (AvgIpc) is 2.54. The number of allylic oxidation sites excluding steroid dienone is 1. The fourth-order valence-electron chi connectivity index (χ4n) is 2.96. The average molecular weight is 311 g/mol. The Bertz CT molecular complexity index is 226. The molecule has 0 aliphatic rings. The second kappa shape index (κ2) is 18.5. The summed E-state index contributed by atoms with van der Waals surface area (Å²) in [4.78, 5) is 0. The molecule has 0 atom stereocenters. The second-order valence-electron chi connectivity index (χ2n) is 6.80. The number of unbranched alkanes of at least 4 members (excludes halogenated alkanes) is 15. The van der Waals surface area contributed by atoms with E-state index in [1.54, 1.807) is 0 Å². The van der Waals surface area contributed by atoms with Crippen LogP contribution in [-0.4, -0.2) is 0 Å². The van der Waals surface area contributed by atoms with E-state index in [1.165, 1.54) is 103 Å². The molecule has 0 aliphatic heterocycles. The quantitative estimate of drug-likeness (QED) is 0.170. The molecule has 0 unspecified atom stereocenters. The Morgan fingerprint density at radius 2 is 0.955 bits per heavy atom. The van der Waals surface area contributed by atoms with E-state index in [2.05, 4.69) is 18.9 Å². The van der Waals surface area contributed by atoms with Crippen molar-refractivity contribution in [2.75, 3.05) is 0 Å². The molecule has 132 valence electrons. The SMILES string of the molecule is C=C(CCCCCCCCCCCCCCCCCC)NN. The lowest BCUT2D eigenvalue weighted by molar-refractivity contribution is 0.528. The van der Waals surface area contributed by atoms with E-state index in [0.717, 1.165) is 12.1 Å². The van der Waals surface area contributed by atoms with Gasteiger partial charge in [0.05, 0.1) is 0 Å². The van der Waals surface area contributed by atoms with Gasteiger partial charge in [-0.1, -0.05) is 110 Å². The highest BCUT2D eigenvalue weighted by Crippen LogP contribution is 2.14. The van der Waals surface area contributed by atoms with E-state index in [0.29, 0.717) is 0 Å². The summed E-state index contributed by atoms with van der Waals surface area (Å²) >= 11 is 0. The molecule has 0 saturated heterocycles. The normalized spacial score (nSPS) is 10.8. The van der Waals surface area contributed by atoms with Gasteiger partial charge in [0.1, 0.15) is 0 Å². The highest BCUT2D eigenvalue weighted by Gasteiger charge is 1.95. The van der Waals surface area contributed by atoms with Crippen LogP contribution in [0.2, 0.25) is 0 Å². The van der Waals surface area contributed by atoms with Crippen LogP contribution in [-0.2, 0) is 0 Å². The first-order chi connectivity index (χ1) is 10.8. The van der Waals surface area contributed by atoms with Gasteiger partial charge in [0.25, 0.3) is 0 Å². The fraction of sp³-hybridized carbons (Fsp3) is 0.900. The van der Waals surface area contributed by atoms with E-state index in [9.17, 15) is 0 Å². The van der Waals surface area contributed by atoms with E-state index < -0.39 is 0 Å². The first-order valence-electron chi connectivity index (χ1n) is 9.95. The van der Waals surface area contributed by atoms with Crippen molar-refractivity contribution < 1.29 is 0 Å². The number of hydrogen-bond acceptors (Lipinski definition) is 2. The minimum atomic E-state index is 0.963. The molecule has 0 aromatic heterocycles. The third kappa shape index (κ3) is 17.6. The van der Waals surface area contributed by atoms with Crippen LogP contribution in [0.5, 0.6) is 0 Å². The largest absolute Gasteiger partial charge is 0.329 e. The van der Waals surface area contributed by atoms with E-state index in [1.807, 2.05) is 0 Å². The third-order valence-electron chi connectivity index (χ3n) is 4.54. The highest BCUT2D eigenvalue weighted by atomic mass is 15.2. The van der Waals surface area contributed by atoms with Gasteiger partial charge in [-0.05, 0) is 12.8 Å². The summed E-state index contributed by atoms with van der Waals surface area (Å²) in [7, 11) is 0. The van der Waals surface area contributed by atoms with Crippen molar-refractivity contribution in [2.45, 2.75) is 116 Å². The Kier molecular flexibility index (Phi) is 18.1. The van der Waals surface area contributed by atoms with Crippen molar-refractivity contribution in [1.29, 1.82) is 0 Å². The molecule has 0 fully saturated rings. The minimum Gasteiger partial charge on any atom is -0.329 e. The first-order valence-corrected chi connectivity index (χ1v) is 9.95. The van der Waals surface area contributed by atoms with Gasteiger partial charge in [0.15, 0.2) is 0 Å². The number of rotatable bonds is 18. The predicted molar refractivity (Wildman–Crippen MR) is 101 cm³/mol. The van der Waals surface area contributed by atoms with Gasteiger partial charge in [-0.2, -0.15) is 0 Å². The summed E-state index contributed by atoms with van der Waals surface area (Å²) in [6.07, 6.45) is 23.7. The Morgan fingerprint density at radius 3 is 1.27 bits per heavy atom. The monoisotopic (exact) mass is 310 g/mol. The Balaban J connectivity index is 2.98. The summed E-state index contributed by atoms with van der Waals surface area (Å²) in [6, 6.07) is 0. The topological polar surface area (TPSA) is 38.0 Å². The van der Waals surface area contributed by atoms with Crippen molar-refractivity contribution in [1.82, 2.24) is 5.43 Å². The van der Waals surface area contributed by atoms with Gasteiger partial charge < -0.3 is 5.43 Å². The number of hydrazine groups is 1. The molecule has 0 aliphatic carbocycles. The molecule has 2 heteroatoms. The van der Waals surface area contributed by atoms with Gasteiger partial charge in [-0.25, -0.2) is 0 Å². The minimum absolute atomic E-state index is 0.963. The zero-order valence-electron chi connectivity index (χ0n) is 15.3. The van der Waals surface area contributed by atoms with Crippen LogP contribution in [0.15, 0.2) is 12.3 Å². The molecular formula is C20H42N2. The van der Waals surface area contributed by atoms with Crippen molar-refractivity contribution in [3.8, 4) is 0 Å². The van der Waals surface area contributed by atoms with Crippen LogP contribution in [0.3, 0.4) is 0 Å². The van der Waals surface area contributed by atoms with Crippen LogP contribution in [0.4, 0.5) is 0 Å². The van der Waals surface area contributed by atoms with E-state index in [-0.39, 0.29) is 0 Å². The third-order valence-corrected chi connectivity index (χ3v) is 4.54. The van der Waals surface area contributed by atoms with Gasteiger partial charge in [-0.3, -0.25) is 5.84 Å². The van der Waals surface area contributed by atoms with Crippen molar-refractivity contribution in [2.24, 2.45) is 5.84 Å². The number of nitrogens with one attached hydrogen (secondary N) is 1. The lowest BCUT2D eigenvalue weighted by atomic mass is 10.0. The maximum absolute atomic E-state index is 5.29. The lowest BCUT2D eigenvalue weighted by Gasteiger charge is -2.05. The molecule has 3 N–H and O–H groups in total. The lowest BCUT2D eigenvalue weighted by Crippen LogP contribution is -2.19. The van der Waals surface area contributed by atoms with Crippen LogP contribution in [0, 0.1) is 0 Å². The Morgan fingerprint density at radius 1 is 0.636 bits per heavy atom.